The molecular weight excluding hydrogens is 574 g/mol. The third-order valence-electron chi connectivity index (χ3n) is 6.70. The molecule has 1 fully saturated rings. The fourth-order valence-corrected chi connectivity index (χ4v) is 5.56. The first-order valence-corrected chi connectivity index (χ1v) is 13.9. The molecule has 4 aromatic rings. The lowest BCUT2D eigenvalue weighted by atomic mass is 9.97. The minimum atomic E-state index is -4.78. The Bertz CT molecular complexity index is 1530. The number of ether oxygens (including phenoxy) is 2. The number of nitrogens with one attached hydrogen (secondary N) is 1. The van der Waals surface area contributed by atoms with Gasteiger partial charge in [-0.25, -0.2) is 9.37 Å². The predicted octanol–water partition coefficient (Wildman–Crippen LogP) is 6.89. The molecule has 0 unspecified atom stereocenters. The molecule has 12 heteroatoms. The molecule has 1 aliphatic rings. The molecule has 3 aromatic carbocycles. The second-order valence-corrected chi connectivity index (χ2v) is 10.4. The average Bonchev–Trinajstić information content (AvgIpc) is 3.48. The molecule has 1 aromatic heterocycles. The number of hydrogen-bond donors (Lipinski definition) is 1. The Morgan fingerprint density at radius 2 is 1.62 bits per heavy atom. The van der Waals surface area contributed by atoms with Gasteiger partial charge in [0.25, 0.3) is 11.8 Å². The highest BCUT2D eigenvalue weighted by Crippen LogP contribution is 2.33. The highest BCUT2D eigenvalue weighted by atomic mass is 32.1. The first kappa shape index (κ1) is 29.1. The van der Waals surface area contributed by atoms with Crippen molar-refractivity contribution in [2.45, 2.75) is 25.1 Å². The van der Waals surface area contributed by atoms with E-state index in [9.17, 15) is 27.2 Å². The molecule has 1 saturated heterocycles. The number of anilines is 1. The summed E-state index contributed by atoms with van der Waals surface area (Å²) >= 11 is 1.38. The van der Waals surface area contributed by atoms with E-state index in [1.54, 1.807) is 34.5 Å². The summed E-state index contributed by atoms with van der Waals surface area (Å²) in [4.78, 5) is 31.9. The van der Waals surface area contributed by atoms with Crippen LogP contribution in [0.2, 0.25) is 0 Å². The fourth-order valence-electron chi connectivity index (χ4n) is 4.59. The number of hydrogen-bond acceptors (Lipinski definition) is 6. The van der Waals surface area contributed by atoms with Crippen LogP contribution in [0.4, 0.5) is 23.2 Å². The highest BCUT2D eigenvalue weighted by molar-refractivity contribution is 7.10. The third-order valence-corrected chi connectivity index (χ3v) is 7.71. The third kappa shape index (κ3) is 7.43. The molecule has 0 saturated carbocycles. The van der Waals surface area contributed by atoms with Crippen LogP contribution in [0.15, 0.2) is 78.2 Å². The number of nitrogens with zero attached hydrogens (tertiary/aromatic N) is 2. The number of amides is 2. The van der Waals surface area contributed by atoms with Crippen LogP contribution in [-0.2, 0) is 4.79 Å². The quantitative estimate of drug-likeness (QED) is 0.223. The van der Waals surface area contributed by atoms with E-state index in [4.69, 9.17) is 4.74 Å². The Morgan fingerprint density at radius 1 is 0.952 bits per heavy atom. The average molecular weight is 600 g/mol. The maximum atomic E-state index is 13.1. The second kappa shape index (κ2) is 12.6. The zero-order chi connectivity index (χ0) is 29.7. The maximum absolute atomic E-state index is 13.1. The molecule has 0 atom stereocenters. The Hall–Kier alpha value is -4.45. The number of para-hydroxylation sites is 1. The van der Waals surface area contributed by atoms with Crippen molar-refractivity contribution in [3.8, 4) is 22.6 Å². The first-order chi connectivity index (χ1) is 20.1. The summed E-state index contributed by atoms with van der Waals surface area (Å²) < 4.78 is 59.9. The number of carbonyl (C=O) groups excluding carboxylic acids is 2. The predicted molar refractivity (Wildman–Crippen MR) is 149 cm³/mol. The van der Waals surface area contributed by atoms with Gasteiger partial charge in [-0.05, 0) is 60.9 Å². The van der Waals surface area contributed by atoms with Gasteiger partial charge in [0.15, 0.2) is 6.61 Å². The van der Waals surface area contributed by atoms with E-state index < -0.39 is 12.3 Å². The van der Waals surface area contributed by atoms with E-state index in [1.165, 1.54) is 59.9 Å². The minimum absolute atomic E-state index is 0.100. The van der Waals surface area contributed by atoms with Gasteiger partial charge in [0.2, 0.25) is 0 Å². The summed E-state index contributed by atoms with van der Waals surface area (Å²) in [5, 5.41) is 5.35. The monoisotopic (exact) mass is 599 g/mol. The zero-order valence-corrected chi connectivity index (χ0v) is 22.9. The number of benzene rings is 3. The lowest BCUT2D eigenvalue weighted by Crippen LogP contribution is -2.40. The normalized spacial score (nSPS) is 14.0. The second-order valence-electron chi connectivity index (χ2n) is 9.54. The van der Waals surface area contributed by atoms with Crippen LogP contribution in [0.1, 0.15) is 34.3 Å². The number of alkyl halides is 3. The van der Waals surface area contributed by atoms with Crippen LogP contribution in [0.3, 0.4) is 0 Å². The van der Waals surface area contributed by atoms with E-state index in [2.05, 4.69) is 15.0 Å². The molecule has 7 nitrogen and oxygen atoms in total. The van der Waals surface area contributed by atoms with Crippen molar-refractivity contribution in [3.05, 3.63) is 94.7 Å². The van der Waals surface area contributed by atoms with Crippen molar-refractivity contribution in [3.63, 3.8) is 0 Å². The van der Waals surface area contributed by atoms with Crippen LogP contribution >= 0.6 is 11.3 Å². The smallest absolute Gasteiger partial charge is 0.484 e. The molecular formula is C30H25F4N3O4S. The summed E-state index contributed by atoms with van der Waals surface area (Å²) in [5.41, 5.74) is 1.96. The molecule has 42 heavy (non-hydrogen) atoms. The number of carbonyl (C=O) groups is 2. The Balaban J connectivity index is 1.16. The van der Waals surface area contributed by atoms with Crippen LogP contribution in [0.5, 0.6) is 11.5 Å². The number of piperidine rings is 1. The molecule has 0 aliphatic carbocycles. The Kier molecular flexibility index (Phi) is 8.72. The summed E-state index contributed by atoms with van der Waals surface area (Å²) in [5.74, 6) is -0.759. The summed E-state index contributed by atoms with van der Waals surface area (Å²) in [6.45, 7) is 0.917. The summed E-state index contributed by atoms with van der Waals surface area (Å²) in [6.07, 6.45) is -3.41. The van der Waals surface area contributed by atoms with Crippen molar-refractivity contribution in [1.29, 1.82) is 0 Å². The maximum Gasteiger partial charge on any atom is 0.573 e. The molecule has 2 heterocycles. The van der Waals surface area contributed by atoms with Gasteiger partial charge in [0, 0.05) is 35.6 Å². The molecule has 2 amide bonds. The van der Waals surface area contributed by atoms with Crippen LogP contribution in [-0.4, -0.2) is 47.8 Å². The standard InChI is InChI=1S/C30H25F4N3O4S/c31-21-7-11-22(12-8-21)40-17-27(38)37-15-13-20(14-16-37)29-36-26(18-42-29)28(39)35-25-4-2-1-3-24(25)19-5-9-23(10-6-19)41-30(32,33)34/h1-12,18,20H,13-17H2,(H,35,39). The number of aromatic nitrogens is 1. The number of thiazole rings is 1. The largest absolute Gasteiger partial charge is 0.573 e. The summed E-state index contributed by atoms with van der Waals surface area (Å²) in [7, 11) is 0. The van der Waals surface area contributed by atoms with Crippen LogP contribution < -0.4 is 14.8 Å². The lowest BCUT2D eigenvalue weighted by molar-refractivity contribution is -0.274. The van der Waals surface area contributed by atoms with Gasteiger partial charge < -0.3 is 19.7 Å². The molecule has 0 radical (unpaired) electrons. The molecule has 5 rings (SSSR count). The van der Waals surface area contributed by atoms with E-state index in [0.29, 0.717) is 48.5 Å². The van der Waals surface area contributed by atoms with Gasteiger partial charge in [-0.15, -0.1) is 24.5 Å². The van der Waals surface area contributed by atoms with Crippen LogP contribution in [0.25, 0.3) is 11.1 Å². The van der Waals surface area contributed by atoms with Crippen molar-refractivity contribution in [1.82, 2.24) is 9.88 Å². The zero-order valence-electron chi connectivity index (χ0n) is 22.1. The van der Waals surface area contributed by atoms with Crippen LogP contribution in [0, 0.1) is 5.82 Å². The van der Waals surface area contributed by atoms with Crippen molar-refractivity contribution >= 4 is 28.8 Å². The van der Waals surface area contributed by atoms with E-state index >= 15 is 0 Å². The van der Waals surface area contributed by atoms with Gasteiger partial charge in [-0.1, -0.05) is 30.3 Å². The van der Waals surface area contributed by atoms with Crippen molar-refractivity contribution in [2.24, 2.45) is 0 Å². The Labute approximate surface area is 242 Å². The Morgan fingerprint density at radius 3 is 2.31 bits per heavy atom. The molecule has 1 aliphatic heterocycles. The van der Waals surface area contributed by atoms with Gasteiger partial charge in [0.05, 0.1) is 5.01 Å². The highest BCUT2D eigenvalue weighted by Gasteiger charge is 2.31. The number of likely N-dealkylation sites (tertiary alicyclic amines) is 1. The van der Waals surface area contributed by atoms with E-state index in [1.807, 2.05) is 0 Å². The van der Waals surface area contributed by atoms with Crippen molar-refractivity contribution in [2.75, 3.05) is 25.0 Å². The fraction of sp³-hybridized carbons (Fsp3) is 0.233. The SMILES string of the molecule is O=C(Nc1ccccc1-c1ccc(OC(F)(F)F)cc1)c1csc(C2CCN(C(=O)COc3ccc(F)cc3)CC2)n1. The van der Waals surface area contributed by atoms with E-state index in [-0.39, 0.29) is 35.7 Å². The number of rotatable bonds is 8. The minimum Gasteiger partial charge on any atom is -0.484 e. The number of halogens is 4. The van der Waals surface area contributed by atoms with E-state index in [0.717, 1.165) is 5.01 Å². The molecule has 0 bridgehead atoms. The first-order valence-electron chi connectivity index (χ1n) is 13.0. The lowest BCUT2D eigenvalue weighted by Gasteiger charge is -2.31. The van der Waals surface area contributed by atoms with Gasteiger partial charge >= 0.3 is 6.36 Å². The van der Waals surface area contributed by atoms with Gasteiger partial charge in [-0.3, -0.25) is 9.59 Å². The van der Waals surface area contributed by atoms with Gasteiger partial charge in [0.1, 0.15) is 23.0 Å². The van der Waals surface area contributed by atoms with Gasteiger partial charge in [-0.2, -0.15) is 0 Å². The van der Waals surface area contributed by atoms with Crippen molar-refractivity contribution < 1.29 is 36.6 Å². The summed E-state index contributed by atoms with van der Waals surface area (Å²) in [6, 6.07) is 17.8. The molecule has 218 valence electrons. The molecule has 0 spiro atoms. The molecule has 1 N–H and O–H groups in total. The topological polar surface area (TPSA) is 80.8 Å².